The average Bonchev–Trinajstić information content (AvgIpc) is 3.47. The van der Waals surface area contributed by atoms with Crippen LogP contribution < -0.4 is 26.0 Å². The van der Waals surface area contributed by atoms with Crippen molar-refractivity contribution in [1.29, 1.82) is 0 Å². The van der Waals surface area contributed by atoms with Gasteiger partial charge in [0.2, 0.25) is 5.91 Å². The number of aromatic nitrogens is 1. The summed E-state index contributed by atoms with van der Waals surface area (Å²) >= 11 is 1.87. The number of thioether (sulfide) groups is 1. The van der Waals surface area contributed by atoms with Crippen molar-refractivity contribution in [1.82, 2.24) is 26.3 Å². The average molecular weight is 542 g/mol. The van der Waals surface area contributed by atoms with Crippen molar-refractivity contribution >= 4 is 35.6 Å². The lowest BCUT2D eigenvalue weighted by molar-refractivity contribution is -0.121. The summed E-state index contributed by atoms with van der Waals surface area (Å²) < 4.78 is 5.59. The van der Waals surface area contributed by atoms with Crippen molar-refractivity contribution in [2.45, 2.75) is 49.6 Å². The van der Waals surface area contributed by atoms with Gasteiger partial charge >= 0.3 is 12.0 Å². The number of aromatic carboxylic acids is 1. The second kappa shape index (κ2) is 13.1. The van der Waals surface area contributed by atoms with Crippen molar-refractivity contribution in [3.05, 3.63) is 59.4 Å². The first-order valence-electron chi connectivity index (χ1n) is 12.5. The third-order valence-electron chi connectivity index (χ3n) is 6.37. The molecule has 202 valence electrons. The van der Waals surface area contributed by atoms with Gasteiger partial charge in [0.05, 0.1) is 12.1 Å². The first-order chi connectivity index (χ1) is 18.4. The zero-order valence-corrected chi connectivity index (χ0v) is 21.6. The van der Waals surface area contributed by atoms with Gasteiger partial charge in [-0.05, 0) is 42.7 Å². The Morgan fingerprint density at radius 2 is 1.95 bits per heavy atom. The molecule has 12 heteroatoms. The van der Waals surface area contributed by atoms with Crippen molar-refractivity contribution < 1.29 is 29.0 Å². The molecule has 2 fully saturated rings. The third-order valence-corrected chi connectivity index (χ3v) is 7.88. The topological polar surface area (TPSA) is 159 Å². The van der Waals surface area contributed by atoms with Gasteiger partial charge in [-0.1, -0.05) is 18.6 Å². The second-order valence-electron chi connectivity index (χ2n) is 9.12. The maximum atomic E-state index is 12.5. The molecular formula is C26H31N5O6S. The molecule has 0 aliphatic carbocycles. The molecule has 2 aliphatic heterocycles. The number of carbonyl (C=O) groups is 4. The molecule has 1 aromatic heterocycles. The molecule has 3 unspecified atom stereocenters. The highest BCUT2D eigenvalue weighted by Gasteiger charge is 2.42. The number of rotatable bonds is 13. The predicted octanol–water partition coefficient (Wildman–Crippen LogP) is 1.93. The number of pyridine rings is 1. The van der Waals surface area contributed by atoms with Gasteiger partial charge in [0.25, 0.3) is 5.91 Å². The number of nitrogens with one attached hydrogen (secondary N) is 4. The molecule has 3 heterocycles. The number of benzene rings is 1. The quantitative estimate of drug-likeness (QED) is 0.190. The Bertz CT molecular complexity index is 1180. The summed E-state index contributed by atoms with van der Waals surface area (Å²) in [5.41, 5.74) is 0.956. The molecule has 38 heavy (non-hydrogen) atoms. The summed E-state index contributed by atoms with van der Waals surface area (Å²) in [5.74, 6) is -0.439. The largest absolute Gasteiger partial charge is 0.486 e. The SMILES string of the molecule is O=C(CCCCC1SCC2NC(=O)NC21)NCCNC(=O)c1cccc(COc2cccnc2C(=O)O)c1. The van der Waals surface area contributed by atoms with Crippen LogP contribution in [0.5, 0.6) is 5.75 Å². The smallest absolute Gasteiger partial charge is 0.358 e. The van der Waals surface area contributed by atoms with Crippen LogP contribution in [0.2, 0.25) is 0 Å². The number of ether oxygens (including phenoxy) is 1. The summed E-state index contributed by atoms with van der Waals surface area (Å²) in [6.45, 7) is 0.694. The zero-order chi connectivity index (χ0) is 26.9. The fraction of sp³-hybridized carbons (Fsp3) is 0.423. The molecule has 0 saturated carbocycles. The van der Waals surface area contributed by atoms with E-state index >= 15 is 0 Å². The van der Waals surface area contributed by atoms with E-state index in [1.807, 2.05) is 11.8 Å². The summed E-state index contributed by atoms with van der Waals surface area (Å²) in [5, 5.41) is 21.1. The first kappa shape index (κ1) is 27.2. The molecule has 4 rings (SSSR count). The lowest BCUT2D eigenvalue weighted by atomic mass is 10.0. The van der Waals surface area contributed by atoms with E-state index in [9.17, 15) is 24.3 Å². The van der Waals surface area contributed by atoms with Gasteiger partial charge in [-0.2, -0.15) is 11.8 Å². The number of amides is 4. The lowest BCUT2D eigenvalue weighted by Gasteiger charge is -2.16. The molecule has 0 radical (unpaired) electrons. The third kappa shape index (κ3) is 7.37. The molecule has 11 nitrogen and oxygen atoms in total. The number of hydrogen-bond acceptors (Lipinski definition) is 7. The molecule has 0 spiro atoms. The Kier molecular flexibility index (Phi) is 9.41. The van der Waals surface area contributed by atoms with E-state index in [2.05, 4.69) is 26.3 Å². The first-order valence-corrected chi connectivity index (χ1v) is 13.6. The van der Waals surface area contributed by atoms with E-state index in [-0.39, 0.29) is 54.5 Å². The Hall–Kier alpha value is -3.80. The highest BCUT2D eigenvalue weighted by Crippen LogP contribution is 2.33. The Labute approximate surface area is 224 Å². The van der Waals surface area contributed by atoms with Gasteiger partial charge in [0.1, 0.15) is 6.61 Å². The number of nitrogens with zero attached hydrogens (tertiary/aromatic N) is 1. The highest BCUT2D eigenvalue weighted by atomic mass is 32.2. The molecule has 5 N–H and O–H groups in total. The van der Waals surface area contributed by atoms with Gasteiger partial charge in [0.15, 0.2) is 11.4 Å². The van der Waals surface area contributed by atoms with Crippen LogP contribution >= 0.6 is 11.8 Å². The standard InChI is InChI=1S/C26H31N5O6S/c32-21(9-2-1-8-20-22-18(15-38-20)30-26(36)31-22)27-11-12-29-24(33)17-6-3-5-16(13-17)14-37-19-7-4-10-28-23(19)25(34)35/h3-7,10,13,18,20,22H,1-2,8-9,11-12,14-15H2,(H,27,32)(H,29,33)(H,34,35)(H2,30,31,36). The summed E-state index contributed by atoms with van der Waals surface area (Å²) in [6, 6.07) is 10.3. The monoisotopic (exact) mass is 541 g/mol. The Morgan fingerprint density at radius 3 is 2.79 bits per heavy atom. The number of urea groups is 1. The maximum Gasteiger partial charge on any atom is 0.358 e. The predicted molar refractivity (Wildman–Crippen MR) is 141 cm³/mol. The zero-order valence-electron chi connectivity index (χ0n) is 20.8. The minimum absolute atomic E-state index is 0.0534. The van der Waals surface area contributed by atoms with Gasteiger partial charge in [-0.25, -0.2) is 14.6 Å². The summed E-state index contributed by atoms with van der Waals surface area (Å²) in [6.07, 6.45) is 4.46. The summed E-state index contributed by atoms with van der Waals surface area (Å²) in [4.78, 5) is 51.2. The summed E-state index contributed by atoms with van der Waals surface area (Å²) in [7, 11) is 0. The normalized spacial score (nSPS) is 19.7. The van der Waals surface area contributed by atoms with Crippen LogP contribution in [-0.2, 0) is 11.4 Å². The van der Waals surface area contributed by atoms with Gasteiger partial charge in [0, 0.05) is 42.3 Å². The number of carboxylic acid groups (broad SMARTS) is 1. The van der Waals surface area contributed by atoms with Crippen LogP contribution in [-0.4, -0.2) is 70.1 Å². The number of unbranched alkanes of at least 4 members (excludes halogenated alkanes) is 1. The number of fused-ring (bicyclic) bond motifs is 1. The van der Waals surface area contributed by atoms with E-state index in [1.54, 1.807) is 30.3 Å². The molecular weight excluding hydrogens is 510 g/mol. The molecule has 3 atom stereocenters. The molecule has 1 aromatic carbocycles. The van der Waals surface area contributed by atoms with Crippen LogP contribution in [0.15, 0.2) is 42.6 Å². The van der Waals surface area contributed by atoms with E-state index in [0.717, 1.165) is 25.0 Å². The molecule has 0 bridgehead atoms. The molecule has 4 amide bonds. The fourth-order valence-electron chi connectivity index (χ4n) is 4.47. The van der Waals surface area contributed by atoms with Crippen molar-refractivity contribution in [3.63, 3.8) is 0 Å². The van der Waals surface area contributed by atoms with E-state index in [1.165, 1.54) is 12.3 Å². The highest BCUT2D eigenvalue weighted by molar-refractivity contribution is 8.00. The molecule has 2 saturated heterocycles. The fourth-order valence-corrected chi connectivity index (χ4v) is 6.02. The van der Waals surface area contributed by atoms with Gasteiger partial charge in [-0.3, -0.25) is 9.59 Å². The van der Waals surface area contributed by atoms with Crippen molar-refractivity contribution in [2.24, 2.45) is 0 Å². The van der Waals surface area contributed by atoms with E-state index in [0.29, 0.717) is 29.3 Å². The van der Waals surface area contributed by atoms with E-state index in [4.69, 9.17) is 4.74 Å². The van der Waals surface area contributed by atoms with Crippen molar-refractivity contribution in [2.75, 3.05) is 18.8 Å². The number of hydrogen-bond donors (Lipinski definition) is 5. The molecule has 2 aromatic rings. The van der Waals surface area contributed by atoms with Gasteiger partial charge < -0.3 is 31.1 Å². The second-order valence-corrected chi connectivity index (χ2v) is 10.4. The Balaban J connectivity index is 1.11. The maximum absolute atomic E-state index is 12.5. The van der Waals surface area contributed by atoms with Crippen LogP contribution in [0.1, 0.15) is 52.1 Å². The van der Waals surface area contributed by atoms with Crippen molar-refractivity contribution in [3.8, 4) is 5.75 Å². The number of carboxylic acids is 1. The van der Waals surface area contributed by atoms with Crippen LogP contribution in [0.25, 0.3) is 0 Å². The number of carbonyl (C=O) groups excluding carboxylic acids is 3. The van der Waals surface area contributed by atoms with E-state index < -0.39 is 5.97 Å². The van der Waals surface area contributed by atoms with Gasteiger partial charge in [-0.15, -0.1) is 0 Å². The minimum Gasteiger partial charge on any atom is -0.486 e. The van der Waals surface area contributed by atoms with Crippen LogP contribution in [0.3, 0.4) is 0 Å². The van der Waals surface area contributed by atoms with Crippen LogP contribution in [0, 0.1) is 0 Å². The lowest BCUT2D eigenvalue weighted by Crippen LogP contribution is -2.36. The molecule has 2 aliphatic rings. The minimum atomic E-state index is -1.18. The van der Waals surface area contributed by atoms with Crippen LogP contribution in [0.4, 0.5) is 4.79 Å². The Morgan fingerprint density at radius 1 is 1.11 bits per heavy atom.